The van der Waals surface area contributed by atoms with E-state index in [0.29, 0.717) is 23.6 Å². The van der Waals surface area contributed by atoms with E-state index in [0.717, 1.165) is 48.4 Å². The third-order valence-corrected chi connectivity index (χ3v) is 7.09. The summed E-state index contributed by atoms with van der Waals surface area (Å²) in [5, 5.41) is 11.9. The molecule has 0 unspecified atom stereocenters. The van der Waals surface area contributed by atoms with E-state index in [2.05, 4.69) is 25.7 Å². The standard InChI is InChI=1S/C22H29N6O3P/c1-15-18(13-24-28(15)16-9-11-31-12-10-16)26-22-23-14-19(30-2)21(27-22)25-17-7-5-6-8-20(17)32(3,4)29/h5-8,13-14,16H,9-12H2,1-4H3,(H2,23,25,26,27). The molecular formula is C22H29N6O3P. The van der Waals surface area contributed by atoms with Crippen LogP contribution in [-0.2, 0) is 9.30 Å². The van der Waals surface area contributed by atoms with E-state index >= 15 is 0 Å². The van der Waals surface area contributed by atoms with Gasteiger partial charge in [0, 0.05) is 18.5 Å². The SMILES string of the molecule is COc1cnc(Nc2cnn(C3CCOCC3)c2C)nc1Nc1ccccc1P(C)(C)=O. The normalized spacial score (nSPS) is 14.9. The van der Waals surface area contributed by atoms with Gasteiger partial charge in [-0.05, 0) is 45.2 Å². The first-order valence-electron chi connectivity index (χ1n) is 10.6. The van der Waals surface area contributed by atoms with Crippen LogP contribution in [0.2, 0.25) is 0 Å². The minimum Gasteiger partial charge on any atom is -0.491 e. The van der Waals surface area contributed by atoms with E-state index in [-0.39, 0.29) is 0 Å². The molecule has 1 saturated heterocycles. The molecule has 1 aliphatic rings. The monoisotopic (exact) mass is 456 g/mol. The Morgan fingerprint density at radius 3 is 2.59 bits per heavy atom. The highest BCUT2D eigenvalue weighted by Gasteiger charge is 2.21. The first-order valence-corrected chi connectivity index (χ1v) is 13.2. The fraction of sp³-hybridized carbons (Fsp3) is 0.409. The molecule has 32 heavy (non-hydrogen) atoms. The number of nitrogens with one attached hydrogen (secondary N) is 2. The van der Waals surface area contributed by atoms with Crippen LogP contribution >= 0.6 is 7.14 Å². The number of hydrogen-bond acceptors (Lipinski definition) is 8. The Morgan fingerprint density at radius 2 is 1.88 bits per heavy atom. The van der Waals surface area contributed by atoms with Crippen molar-refractivity contribution in [3.63, 3.8) is 0 Å². The Labute approximate surface area is 187 Å². The van der Waals surface area contributed by atoms with Gasteiger partial charge >= 0.3 is 0 Å². The van der Waals surface area contributed by atoms with E-state index < -0.39 is 7.14 Å². The van der Waals surface area contributed by atoms with Crippen molar-refractivity contribution in [3.05, 3.63) is 42.4 Å². The number of ether oxygens (including phenoxy) is 2. The van der Waals surface area contributed by atoms with Gasteiger partial charge in [0.05, 0.1) is 42.6 Å². The van der Waals surface area contributed by atoms with Crippen molar-refractivity contribution >= 4 is 35.6 Å². The molecule has 2 N–H and O–H groups in total. The molecule has 2 aromatic heterocycles. The molecule has 0 atom stereocenters. The summed E-state index contributed by atoms with van der Waals surface area (Å²) >= 11 is 0. The van der Waals surface area contributed by atoms with E-state index in [1.807, 2.05) is 35.9 Å². The fourth-order valence-electron chi connectivity index (χ4n) is 3.81. The smallest absolute Gasteiger partial charge is 0.229 e. The summed E-state index contributed by atoms with van der Waals surface area (Å²) in [6.07, 6.45) is 5.31. The van der Waals surface area contributed by atoms with Gasteiger partial charge in [0.15, 0.2) is 11.6 Å². The lowest BCUT2D eigenvalue weighted by Gasteiger charge is -2.23. The molecule has 10 heteroatoms. The number of hydrogen-bond donors (Lipinski definition) is 2. The number of benzene rings is 1. The van der Waals surface area contributed by atoms with Crippen molar-refractivity contribution in [2.24, 2.45) is 0 Å². The molecule has 1 aromatic carbocycles. The average molecular weight is 456 g/mol. The Hall–Kier alpha value is -2.90. The van der Waals surface area contributed by atoms with Crippen molar-refractivity contribution in [1.82, 2.24) is 19.7 Å². The molecular weight excluding hydrogens is 427 g/mol. The molecule has 0 aliphatic carbocycles. The Morgan fingerprint density at radius 1 is 1.12 bits per heavy atom. The van der Waals surface area contributed by atoms with Gasteiger partial charge in [-0.25, -0.2) is 4.98 Å². The Kier molecular flexibility index (Phi) is 6.48. The summed E-state index contributed by atoms with van der Waals surface area (Å²) < 4.78 is 25.7. The van der Waals surface area contributed by atoms with Crippen LogP contribution in [0.15, 0.2) is 36.7 Å². The van der Waals surface area contributed by atoms with Gasteiger partial charge in [0.2, 0.25) is 5.95 Å². The molecule has 0 radical (unpaired) electrons. The summed E-state index contributed by atoms with van der Waals surface area (Å²) in [7, 11) is -0.918. The van der Waals surface area contributed by atoms with Crippen molar-refractivity contribution in [3.8, 4) is 5.75 Å². The summed E-state index contributed by atoms with van der Waals surface area (Å²) in [4.78, 5) is 9.00. The zero-order valence-corrected chi connectivity index (χ0v) is 19.7. The first-order chi connectivity index (χ1) is 15.4. The third-order valence-electron chi connectivity index (χ3n) is 5.54. The van der Waals surface area contributed by atoms with Gasteiger partial charge in [0.25, 0.3) is 0 Å². The largest absolute Gasteiger partial charge is 0.491 e. The highest BCUT2D eigenvalue weighted by Crippen LogP contribution is 2.39. The molecule has 3 aromatic rings. The lowest BCUT2D eigenvalue weighted by Crippen LogP contribution is -2.21. The zero-order chi connectivity index (χ0) is 22.7. The van der Waals surface area contributed by atoms with Crippen LogP contribution in [0.3, 0.4) is 0 Å². The molecule has 0 saturated carbocycles. The maximum absolute atomic E-state index is 12.7. The highest BCUT2D eigenvalue weighted by molar-refractivity contribution is 7.70. The molecule has 9 nitrogen and oxygen atoms in total. The molecule has 1 aliphatic heterocycles. The number of methoxy groups -OCH3 is 1. The number of aromatic nitrogens is 4. The number of rotatable bonds is 7. The Bertz CT molecular complexity index is 1140. The lowest BCUT2D eigenvalue weighted by molar-refractivity contribution is 0.0657. The second kappa shape index (κ2) is 9.30. The molecule has 0 amide bonds. The van der Waals surface area contributed by atoms with E-state index in [1.54, 1.807) is 32.8 Å². The Balaban J connectivity index is 1.60. The van der Waals surface area contributed by atoms with E-state index in [1.165, 1.54) is 0 Å². The van der Waals surface area contributed by atoms with Crippen molar-refractivity contribution in [2.75, 3.05) is 44.3 Å². The van der Waals surface area contributed by atoms with Crippen LogP contribution in [0.25, 0.3) is 0 Å². The predicted molar refractivity (Wildman–Crippen MR) is 127 cm³/mol. The molecule has 4 rings (SSSR count). The average Bonchev–Trinajstić information content (AvgIpc) is 3.14. The van der Waals surface area contributed by atoms with Gasteiger partial charge in [-0.2, -0.15) is 10.1 Å². The topological polar surface area (TPSA) is 103 Å². The van der Waals surface area contributed by atoms with Crippen LogP contribution in [0.1, 0.15) is 24.6 Å². The number of anilines is 4. The molecule has 3 heterocycles. The van der Waals surface area contributed by atoms with Gasteiger partial charge in [-0.15, -0.1) is 0 Å². The zero-order valence-electron chi connectivity index (χ0n) is 18.8. The second-order valence-electron chi connectivity index (χ2n) is 8.16. The molecule has 0 bridgehead atoms. The van der Waals surface area contributed by atoms with Crippen molar-refractivity contribution in [1.29, 1.82) is 0 Å². The molecule has 170 valence electrons. The number of para-hydroxylation sites is 1. The third kappa shape index (κ3) is 4.79. The summed E-state index contributed by atoms with van der Waals surface area (Å²) in [6, 6.07) is 7.85. The van der Waals surface area contributed by atoms with Crippen LogP contribution < -0.4 is 20.7 Å². The van der Waals surface area contributed by atoms with Crippen molar-refractivity contribution < 1.29 is 14.0 Å². The quantitative estimate of drug-likeness (QED) is 0.513. The van der Waals surface area contributed by atoms with E-state index in [4.69, 9.17) is 9.47 Å². The van der Waals surface area contributed by atoms with Crippen LogP contribution in [0, 0.1) is 6.92 Å². The van der Waals surface area contributed by atoms with Crippen LogP contribution in [-0.4, -0.2) is 53.4 Å². The highest BCUT2D eigenvalue weighted by atomic mass is 31.2. The fourth-order valence-corrected chi connectivity index (χ4v) is 4.97. The maximum Gasteiger partial charge on any atom is 0.229 e. The van der Waals surface area contributed by atoms with Gasteiger partial charge in [-0.3, -0.25) is 4.68 Å². The van der Waals surface area contributed by atoms with Gasteiger partial charge in [0.1, 0.15) is 7.14 Å². The molecule has 1 fully saturated rings. The predicted octanol–water partition coefficient (Wildman–Crippen LogP) is 4.08. The van der Waals surface area contributed by atoms with Gasteiger partial charge in [-0.1, -0.05) is 12.1 Å². The first kappa shape index (κ1) is 22.3. The second-order valence-corrected chi connectivity index (χ2v) is 11.3. The summed E-state index contributed by atoms with van der Waals surface area (Å²) in [5.74, 6) is 1.39. The summed E-state index contributed by atoms with van der Waals surface area (Å²) in [5.41, 5.74) is 2.60. The maximum atomic E-state index is 12.7. The van der Waals surface area contributed by atoms with Gasteiger partial charge < -0.3 is 24.7 Å². The van der Waals surface area contributed by atoms with E-state index in [9.17, 15) is 4.57 Å². The van der Waals surface area contributed by atoms with Crippen LogP contribution in [0.5, 0.6) is 5.75 Å². The minimum absolute atomic E-state index is 0.337. The molecule has 0 spiro atoms. The van der Waals surface area contributed by atoms with Crippen LogP contribution in [0.4, 0.5) is 23.1 Å². The lowest BCUT2D eigenvalue weighted by atomic mass is 10.1. The number of nitrogens with zero attached hydrogens (tertiary/aromatic N) is 4. The van der Waals surface area contributed by atoms with Crippen molar-refractivity contribution in [2.45, 2.75) is 25.8 Å². The minimum atomic E-state index is -2.48. The summed E-state index contributed by atoms with van der Waals surface area (Å²) in [6.45, 7) is 7.04.